The maximum absolute atomic E-state index is 12.2. The Bertz CT molecular complexity index is 1700. The molecule has 0 saturated heterocycles. The molecule has 0 amide bonds. The van der Waals surface area contributed by atoms with Crippen molar-refractivity contribution in [3.63, 3.8) is 0 Å². The molecule has 2 aromatic carbocycles. The number of anilines is 1. The smallest absolute Gasteiger partial charge is 0.209 e. The average molecular weight is 788 g/mol. The van der Waals surface area contributed by atoms with Gasteiger partial charge in [-0.05, 0) is 100 Å². The van der Waals surface area contributed by atoms with E-state index in [-0.39, 0.29) is 17.1 Å². The van der Waals surface area contributed by atoms with Crippen LogP contribution < -0.4 is 4.90 Å². The largest absolute Gasteiger partial charge is 0.344 e. The van der Waals surface area contributed by atoms with Crippen molar-refractivity contribution in [3.8, 4) is 0 Å². The second-order valence-corrected chi connectivity index (χ2v) is 17.7. The number of fused-ring (bicyclic) bond motifs is 2. The molecule has 2 heterocycles. The number of unbranched alkanes of at least 4 members (excludes halogenated alkanes) is 2. The topological polar surface area (TPSA) is 110 Å². The van der Waals surface area contributed by atoms with Gasteiger partial charge >= 0.3 is 0 Å². The van der Waals surface area contributed by atoms with Crippen molar-refractivity contribution in [2.75, 3.05) is 36.6 Å². The third-order valence-corrected chi connectivity index (χ3v) is 12.3. The van der Waals surface area contributed by atoms with Gasteiger partial charge in [0.15, 0.2) is 16.8 Å². The highest BCUT2D eigenvalue weighted by molar-refractivity contribution is 7.94. The van der Waals surface area contributed by atoms with Crippen LogP contribution in [-0.2, 0) is 30.9 Å². The van der Waals surface area contributed by atoms with E-state index in [9.17, 15) is 22.7 Å². The quantitative estimate of drug-likeness (QED) is 0.0372. The normalized spacial score (nSPS) is 19.5. The average Bonchev–Trinajstić information content (AvgIpc) is 3.46. The number of rotatable bonds is 21. The van der Waals surface area contributed by atoms with Crippen molar-refractivity contribution >= 4 is 70.1 Å². The highest BCUT2D eigenvalue weighted by atomic mass is 32.2. The molecule has 12 heteroatoms. The number of allylic oxidation sites excluding steroid dienone is 6. The van der Waals surface area contributed by atoms with Gasteiger partial charge in [-0.15, -0.1) is 0 Å². The molecule has 52 heavy (non-hydrogen) atoms. The van der Waals surface area contributed by atoms with E-state index >= 15 is 0 Å². The number of nitrogens with zero attached hydrogens (tertiary/aromatic N) is 2. The standard InChI is InChI=1S/C40H54N2O6S4/c1-29(2)36(43)15-9-8-12-23-42-35-21-19-31(51-48-6)28-33(35)40(5,22-13-26-52(46)47)38(42)17-11-7-10-16-37-39(3,4)32-27-30(50-45)18-20-34(32)41(37)24-14-25-49-44/h7,10-11,16-21,27-29H,8-9,12-15,22-26H2,1-6H3,(H2-,44,45,46,47)/p+1. The number of carbonyl (C=O) groups is 1. The Hall–Kier alpha value is -2.16. The van der Waals surface area contributed by atoms with E-state index in [4.69, 9.17) is 4.18 Å². The predicted molar refractivity (Wildman–Crippen MR) is 221 cm³/mol. The molecular weight excluding hydrogens is 733 g/mol. The van der Waals surface area contributed by atoms with Crippen molar-refractivity contribution in [1.82, 2.24) is 0 Å². The van der Waals surface area contributed by atoms with Gasteiger partial charge in [0.05, 0.1) is 12.5 Å². The third-order valence-electron chi connectivity index (χ3n) is 10.2. The van der Waals surface area contributed by atoms with E-state index in [1.54, 1.807) is 7.11 Å². The first-order valence-electron chi connectivity index (χ1n) is 18.0. The summed E-state index contributed by atoms with van der Waals surface area (Å²) in [4.78, 5) is 16.5. The van der Waals surface area contributed by atoms with E-state index in [0.717, 1.165) is 101 Å². The van der Waals surface area contributed by atoms with Crippen molar-refractivity contribution in [3.05, 3.63) is 83.6 Å². The number of hydrogen-bond acceptors (Lipinski definition) is 9. The van der Waals surface area contributed by atoms with Crippen LogP contribution in [0.25, 0.3) is 0 Å². The maximum atomic E-state index is 12.2. The molecule has 0 radical (unpaired) electrons. The van der Waals surface area contributed by atoms with Gasteiger partial charge in [-0.25, -0.2) is 4.21 Å². The fourth-order valence-corrected chi connectivity index (χ4v) is 8.80. The second-order valence-electron chi connectivity index (χ2n) is 14.4. The zero-order valence-electron chi connectivity index (χ0n) is 31.3. The lowest BCUT2D eigenvalue weighted by atomic mass is 9.77. The van der Waals surface area contributed by atoms with E-state index in [0.29, 0.717) is 30.8 Å². The number of hydrogen-bond donors (Lipinski definition) is 3. The van der Waals surface area contributed by atoms with Crippen molar-refractivity contribution < 1.29 is 31.4 Å². The number of Topliss-reactive ketones (excluding diaryl/α,β-unsaturated/α-hetero) is 1. The Balaban J connectivity index is 1.67. The molecule has 2 atom stereocenters. The first kappa shape index (κ1) is 42.6. The van der Waals surface area contributed by atoms with Gasteiger partial charge in [0.2, 0.25) is 5.69 Å². The summed E-state index contributed by atoms with van der Waals surface area (Å²) in [5.74, 6) is 1.24. The maximum Gasteiger partial charge on any atom is 0.209 e. The summed E-state index contributed by atoms with van der Waals surface area (Å²) in [7, 11) is 1.66. The zero-order valence-corrected chi connectivity index (χ0v) is 34.6. The molecule has 0 aromatic heterocycles. The molecule has 2 aliphatic heterocycles. The first-order chi connectivity index (χ1) is 24.9. The summed E-state index contributed by atoms with van der Waals surface area (Å²) >= 11 is 1.08. The molecule has 2 aliphatic rings. The molecule has 3 N–H and O–H groups in total. The van der Waals surface area contributed by atoms with Crippen molar-refractivity contribution in [2.24, 2.45) is 5.92 Å². The Morgan fingerprint density at radius 3 is 2.42 bits per heavy atom. The molecule has 0 bridgehead atoms. The molecule has 2 aromatic rings. The molecular formula is C40H55N2O6S4+. The SMILES string of the molecule is COSc1ccc2c(c1)C(C)(CCCS(=O)O)/C(=C/C=C/C=C/C1=[N+](CCCSO)c3ccc(SO)cc3C1(C)C)N2CCCCCC(=O)C(C)C. The zero-order chi connectivity index (χ0) is 37.9. The highest BCUT2D eigenvalue weighted by Crippen LogP contribution is 2.51. The van der Waals surface area contributed by atoms with E-state index in [1.807, 2.05) is 19.9 Å². The first-order valence-corrected chi connectivity index (χ1v) is 21.8. The summed E-state index contributed by atoms with van der Waals surface area (Å²) in [6, 6.07) is 12.5. The van der Waals surface area contributed by atoms with Crippen LogP contribution in [0.4, 0.5) is 11.4 Å². The Morgan fingerprint density at radius 2 is 1.73 bits per heavy atom. The number of ketones is 1. The predicted octanol–water partition coefficient (Wildman–Crippen LogP) is 10.4. The van der Waals surface area contributed by atoms with E-state index in [2.05, 4.69) is 91.0 Å². The summed E-state index contributed by atoms with van der Waals surface area (Å²) < 4.78 is 48.2. The minimum atomic E-state index is -1.86. The van der Waals surface area contributed by atoms with Gasteiger partial charge in [-0.1, -0.05) is 38.5 Å². The van der Waals surface area contributed by atoms with Gasteiger partial charge < -0.3 is 22.7 Å². The minimum Gasteiger partial charge on any atom is -0.344 e. The monoisotopic (exact) mass is 787 g/mol. The molecule has 0 spiro atoms. The lowest BCUT2D eigenvalue weighted by molar-refractivity contribution is -0.437. The van der Waals surface area contributed by atoms with Gasteiger partial charge in [0, 0.05) is 105 Å². The molecule has 8 nitrogen and oxygen atoms in total. The Morgan fingerprint density at radius 1 is 0.981 bits per heavy atom. The molecule has 284 valence electrons. The van der Waals surface area contributed by atoms with Crippen LogP contribution in [0.2, 0.25) is 0 Å². The summed E-state index contributed by atoms with van der Waals surface area (Å²) in [6.07, 6.45) is 16.1. The molecule has 4 rings (SSSR count). The van der Waals surface area contributed by atoms with Crippen LogP contribution in [0.3, 0.4) is 0 Å². The molecule has 0 fully saturated rings. The van der Waals surface area contributed by atoms with Crippen LogP contribution in [0, 0.1) is 5.92 Å². The molecule has 2 unspecified atom stereocenters. The van der Waals surface area contributed by atoms with Crippen LogP contribution >= 0.6 is 36.1 Å². The third kappa shape index (κ3) is 10.3. The fraction of sp³-hybridized carbons (Fsp3) is 0.500. The number of carbonyl (C=O) groups excluding carboxylic acids is 1. The molecule has 0 aliphatic carbocycles. The molecule has 0 saturated carbocycles. The van der Waals surface area contributed by atoms with Crippen LogP contribution in [0.5, 0.6) is 0 Å². The summed E-state index contributed by atoms with van der Waals surface area (Å²) in [5, 5.41) is 0. The van der Waals surface area contributed by atoms with Crippen molar-refractivity contribution in [2.45, 2.75) is 100 Å². The van der Waals surface area contributed by atoms with Crippen LogP contribution in [0.15, 0.2) is 82.3 Å². The number of benzene rings is 2. The van der Waals surface area contributed by atoms with Gasteiger partial charge in [-0.2, -0.15) is 4.58 Å². The Labute approximate surface area is 326 Å². The fourth-order valence-electron chi connectivity index (χ4n) is 7.36. The second kappa shape index (κ2) is 20.0. The lowest BCUT2D eigenvalue weighted by Gasteiger charge is -2.30. The van der Waals surface area contributed by atoms with Crippen LogP contribution in [0.1, 0.15) is 90.7 Å². The minimum absolute atomic E-state index is 0.0640. The van der Waals surface area contributed by atoms with Gasteiger partial charge in [-0.3, -0.25) is 4.79 Å². The highest BCUT2D eigenvalue weighted by Gasteiger charge is 2.45. The summed E-state index contributed by atoms with van der Waals surface area (Å²) in [5.41, 5.74) is 6.21. The lowest BCUT2D eigenvalue weighted by Crippen LogP contribution is -2.29. The van der Waals surface area contributed by atoms with Gasteiger partial charge in [0.25, 0.3) is 0 Å². The Kier molecular flexibility index (Phi) is 16.3. The summed E-state index contributed by atoms with van der Waals surface area (Å²) in [6.45, 7) is 12.1. The van der Waals surface area contributed by atoms with Crippen LogP contribution in [-0.4, -0.2) is 65.6 Å². The van der Waals surface area contributed by atoms with E-state index in [1.165, 1.54) is 17.6 Å². The van der Waals surface area contributed by atoms with Crippen molar-refractivity contribution in [1.29, 1.82) is 0 Å². The van der Waals surface area contributed by atoms with E-state index < -0.39 is 16.5 Å². The van der Waals surface area contributed by atoms with Gasteiger partial charge in [0.1, 0.15) is 12.3 Å².